The molecule has 0 spiro atoms. The summed E-state index contributed by atoms with van der Waals surface area (Å²) in [5, 5.41) is 5.31. The molecule has 0 amide bonds. The van der Waals surface area contributed by atoms with Gasteiger partial charge in [0.05, 0.1) is 10.8 Å². The zero-order valence-corrected chi connectivity index (χ0v) is 12.7. The van der Waals surface area contributed by atoms with Gasteiger partial charge in [0.2, 0.25) is 0 Å². The maximum Gasteiger partial charge on any atom is 0.154 e. The highest BCUT2D eigenvalue weighted by atomic mass is 32.2. The lowest BCUT2D eigenvalue weighted by molar-refractivity contribution is 0.428. The van der Waals surface area contributed by atoms with Crippen LogP contribution in [-0.4, -0.2) is 26.0 Å². The highest BCUT2D eigenvalue weighted by Crippen LogP contribution is 2.35. The first-order valence-electron chi connectivity index (χ1n) is 5.68. The second kappa shape index (κ2) is 5.08. The van der Waals surface area contributed by atoms with E-state index in [1.165, 1.54) is 11.1 Å². The van der Waals surface area contributed by atoms with Gasteiger partial charge < -0.3 is 5.32 Å². The van der Waals surface area contributed by atoms with E-state index in [0.29, 0.717) is 0 Å². The number of rotatable bonds is 5. The quantitative estimate of drug-likeness (QED) is 0.898. The Morgan fingerprint density at radius 2 is 2.06 bits per heavy atom. The first-order chi connectivity index (χ1) is 7.71. The van der Waals surface area contributed by atoms with Crippen molar-refractivity contribution in [3.05, 3.63) is 21.9 Å². The maximum absolute atomic E-state index is 11.9. The van der Waals surface area contributed by atoms with E-state index in [2.05, 4.69) is 5.32 Å². The summed E-state index contributed by atoms with van der Waals surface area (Å²) in [5.74, 6) is 0. The van der Waals surface area contributed by atoms with E-state index in [1.54, 1.807) is 25.2 Å². The van der Waals surface area contributed by atoms with Crippen LogP contribution in [0, 0.1) is 6.92 Å². The fourth-order valence-corrected chi connectivity index (χ4v) is 3.22. The third-order valence-electron chi connectivity index (χ3n) is 3.27. The molecule has 0 saturated carbocycles. The summed E-state index contributed by atoms with van der Waals surface area (Å²) in [4.78, 5) is 1.17. The number of hydrogen-bond acceptors (Lipinski definition) is 4. The fraction of sp³-hybridized carbons (Fsp3) is 0.667. The van der Waals surface area contributed by atoms with E-state index in [9.17, 15) is 8.42 Å². The first-order valence-corrected chi connectivity index (χ1v) is 8.46. The molecule has 0 aliphatic carbocycles. The monoisotopic (exact) mass is 275 g/mol. The summed E-state index contributed by atoms with van der Waals surface area (Å²) in [6, 6.07) is 1.86. The van der Waals surface area contributed by atoms with Crippen LogP contribution < -0.4 is 5.32 Å². The SMILES string of the molecule is CCNC(c1ccsc1C)C(C)(C)S(C)(=O)=O. The highest BCUT2D eigenvalue weighted by Gasteiger charge is 2.40. The Morgan fingerprint density at radius 3 is 2.41 bits per heavy atom. The topological polar surface area (TPSA) is 46.2 Å². The Labute approximate surface area is 108 Å². The van der Waals surface area contributed by atoms with Crippen molar-refractivity contribution in [2.75, 3.05) is 12.8 Å². The molecular formula is C12H21NO2S2. The van der Waals surface area contributed by atoms with Gasteiger partial charge in [0.1, 0.15) is 0 Å². The van der Waals surface area contributed by atoms with Crippen LogP contribution >= 0.6 is 11.3 Å². The van der Waals surface area contributed by atoms with Crippen LogP contribution in [0.15, 0.2) is 11.4 Å². The average Bonchev–Trinajstić information content (AvgIpc) is 2.58. The molecule has 3 nitrogen and oxygen atoms in total. The van der Waals surface area contributed by atoms with E-state index < -0.39 is 14.6 Å². The molecule has 1 aromatic rings. The minimum Gasteiger partial charge on any atom is -0.309 e. The largest absolute Gasteiger partial charge is 0.309 e. The van der Waals surface area contributed by atoms with Gasteiger partial charge >= 0.3 is 0 Å². The van der Waals surface area contributed by atoms with E-state index in [0.717, 1.165) is 12.1 Å². The van der Waals surface area contributed by atoms with E-state index in [1.807, 2.05) is 25.3 Å². The van der Waals surface area contributed by atoms with E-state index in [-0.39, 0.29) is 6.04 Å². The number of aryl methyl sites for hydroxylation is 1. The van der Waals surface area contributed by atoms with Crippen LogP contribution in [0.5, 0.6) is 0 Å². The van der Waals surface area contributed by atoms with Crippen molar-refractivity contribution >= 4 is 21.2 Å². The molecule has 98 valence electrons. The molecule has 1 rings (SSSR count). The lowest BCUT2D eigenvalue weighted by Crippen LogP contribution is -2.45. The van der Waals surface area contributed by atoms with Crippen LogP contribution in [0.3, 0.4) is 0 Å². The Kier molecular flexibility index (Phi) is 4.38. The minimum atomic E-state index is -3.12. The zero-order chi connectivity index (χ0) is 13.3. The van der Waals surface area contributed by atoms with Gasteiger partial charge in [-0.3, -0.25) is 0 Å². The van der Waals surface area contributed by atoms with Crippen LogP contribution in [0.4, 0.5) is 0 Å². The Hall–Kier alpha value is -0.390. The highest BCUT2D eigenvalue weighted by molar-refractivity contribution is 7.92. The van der Waals surface area contributed by atoms with Crippen LogP contribution in [0.25, 0.3) is 0 Å². The van der Waals surface area contributed by atoms with Crippen molar-refractivity contribution in [1.82, 2.24) is 5.32 Å². The predicted octanol–water partition coefficient (Wildman–Crippen LogP) is 2.53. The van der Waals surface area contributed by atoms with Gasteiger partial charge in [-0.05, 0) is 44.3 Å². The van der Waals surface area contributed by atoms with Gasteiger partial charge in [-0.1, -0.05) is 6.92 Å². The van der Waals surface area contributed by atoms with Gasteiger partial charge in [-0.15, -0.1) is 11.3 Å². The fourth-order valence-electron chi connectivity index (χ4n) is 1.84. The molecule has 0 saturated heterocycles. The van der Waals surface area contributed by atoms with Crippen molar-refractivity contribution < 1.29 is 8.42 Å². The standard InChI is InChI=1S/C12H21NO2S2/c1-6-13-11(10-7-8-16-9(10)2)12(3,4)17(5,14)15/h7-8,11,13H,6H2,1-5H3. The van der Waals surface area contributed by atoms with Crippen molar-refractivity contribution in [3.63, 3.8) is 0 Å². The van der Waals surface area contributed by atoms with Gasteiger partial charge in [0.25, 0.3) is 0 Å². The van der Waals surface area contributed by atoms with Gasteiger partial charge in [0.15, 0.2) is 9.84 Å². The summed E-state index contributed by atoms with van der Waals surface area (Å²) in [7, 11) is -3.12. The lowest BCUT2D eigenvalue weighted by atomic mass is 9.95. The Morgan fingerprint density at radius 1 is 1.47 bits per heavy atom. The average molecular weight is 275 g/mol. The molecule has 1 atom stereocenters. The molecule has 1 unspecified atom stereocenters. The first kappa shape index (κ1) is 14.7. The van der Waals surface area contributed by atoms with Crippen LogP contribution in [-0.2, 0) is 9.84 Å². The molecule has 17 heavy (non-hydrogen) atoms. The zero-order valence-electron chi connectivity index (χ0n) is 11.1. The number of nitrogens with one attached hydrogen (secondary N) is 1. The summed E-state index contributed by atoms with van der Waals surface area (Å²) in [5.41, 5.74) is 1.09. The number of thiophene rings is 1. The number of sulfone groups is 1. The van der Waals surface area contributed by atoms with Gasteiger partial charge in [0, 0.05) is 11.1 Å². The molecule has 1 aromatic heterocycles. The van der Waals surface area contributed by atoms with Crippen molar-refractivity contribution in [1.29, 1.82) is 0 Å². The molecule has 0 aromatic carbocycles. The molecule has 5 heteroatoms. The predicted molar refractivity (Wildman–Crippen MR) is 74.4 cm³/mol. The van der Waals surface area contributed by atoms with Gasteiger partial charge in [-0.25, -0.2) is 8.42 Å². The summed E-state index contributed by atoms with van der Waals surface area (Å²) < 4.78 is 23.1. The van der Waals surface area contributed by atoms with Crippen LogP contribution in [0.1, 0.15) is 37.3 Å². The minimum absolute atomic E-state index is 0.159. The summed E-state index contributed by atoms with van der Waals surface area (Å²) in [6.45, 7) is 8.34. The lowest BCUT2D eigenvalue weighted by Gasteiger charge is -2.33. The van der Waals surface area contributed by atoms with E-state index in [4.69, 9.17) is 0 Å². The Bertz CT molecular complexity index is 474. The second-order valence-corrected chi connectivity index (χ2v) is 8.52. The molecule has 1 N–H and O–H groups in total. The van der Waals surface area contributed by atoms with Gasteiger partial charge in [-0.2, -0.15) is 0 Å². The smallest absolute Gasteiger partial charge is 0.154 e. The second-order valence-electron chi connectivity index (χ2n) is 4.80. The molecular weight excluding hydrogens is 254 g/mol. The summed E-state index contributed by atoms with van der Waals surface area (Å²) >= 11 is 1.65. The third kappa shape index (κ3) is 2.89. The Balaban J connectivity index is 3.24. The van der Waals surface area contributed by atoms with Crippen molar-refractivity contribution in [2.24, 2.45) is 0 Å². The molecule has 1 heterocycles. The number of hydrogen-bond donors (Lipinski definition) is 1. The maximum atomic E-state index is 11.9. The van der Waals surface area contributed by atoms with Crippen molar-refractivity contribution in [2.45, 2.75) is 38.5 Å². The van der Waals surface area contributed by atoms with Crippen LogP contribution in [0.2, 0.25) is 0 Å². The van der Waals surface area contributed by atoms with E-state index >= 15 is 0 Å². The third-order valence-corrected chi connectivity index (χ3v) is 6.28. The summed E-state index contributed by atoms with van der Waals surface area (Å²) in [6.07, 6.45) is 1.30. The normalized spacial score (nSPS) is 14.9. The molecule has 0 fully saturated rings. The molecule has 0 bridgehead atoms. The molecule has 0 aliphatic heterocycles. The van der Waals surface area contributed by atoms with Crippen molar-refractivity contribution in [3.8, 4) is 0 Å². The molecule has 0 radical (unpaired) electrons. The molecule has 0 aliphatic rings.